The molecule has 82 valence electrons. The second kappa shape index (κ2) is 3.82. The molecule has 2 heteroatoms. The molecule has 2 nitrogen and oxygen atoms in total. The van der Waals surface area contributed by atoms with Crippen LogP contribution >= 0.6 is 0 Å². The van der Waals surface area contributed by atoms with Crippen molar-refractivity contribution < 1.29 is 0 Å². The first-order chi connectivity index (χ1) is 6.62. The lowest BCUT2D eigenvalue weighted by molar-refractivity contribution is 0.152. The quantitative estimate of drug-likeness (QED) is 0.717. The molecule has 0 radical (unpaired) electrons. The van der Waals surface area contributed by atoms with Gasteiger partial charge < -0.3 is 10.6 Å². The monoisotopic (exact) mass is 196 g/mol. The fourth-order valence-electron chi connectivity index (χ4n) is 2.71. The fourth-order valence-corrected chi connectivity index (χ4v) is 2.71. The molecular weight excluding hydrogens is 172 g/mol. The predicted octanol–water partition coefficient (Wildman–Crippen LogP) is 1.91. The van der Waals surface area contributed by atoms with Crippen LogP contribution < -0.4 is 10.6 Å². The summed E-state index contributed by atoms with van der Waals surface area (Å²) in [6.45, 7) is 8.31. The minimum atomic E-state index is 0.375. The molecule has 0 aromatic heterocycles. The summed E-state index contributed by atoms with van der Waals surface area (Å²) in [5.41, 5.74) is 0.995. The van der Waals surface area contributed by atoms with Gasteiger partial charge in [-0.3, -0.25) is 0 Å². The molecule has 14 heavy (non-hydrogen) atoms. The molecule has 1 aliphatic heterocycles. The third kappa shape index (κ3) is 2.29. The van der Waals surface area contributed by atoms with Gasteiger partial charge in [-0.05, 0) is 44.6 Å². The van der Waals surface area contributed by atoms with Crippen LogP contribution in [0, 0.1) is 5.41 Å². The van der Waals surface area contributed by atoms with Crippen molar-refractivity contribution in [2.24, 2.45) is 5.41 Å². The van der Waals surface area contributed by atoms with Gasteiger partial charge in [0.05, 0.1) is 0 Å². The van der Waals surface area contributed by atoms with E-state index in [-0.39, 0.29) is 0 Å². The molecule has 0 aromatic rings. The van der Waals surface area contributed by atoms with Crippen molar-refractivity contribution in [3.05, 3.63) is 0 Å². The highest BCUT2D eigenvalue weighted by atomic mass is 15.1. The third-order valence-electron chi connectivity index (χ3n) is 4.08. The summed E-state index contributed by atoms with van der Waals surface area (Å²) in [7, 11) is 0. The van der Waals surface area contributed by atoms with E-state index >= 15 is 0 Å². The molecule has 1 atom stereocenters. The average molecular weight is 196 g/mol. The maximum Gasteiger partial charge on any atom is 0.0278 e. The van der Waals surface area contributed by atoms with E-state index in [0.29, 0.717) is 11.0 Å². The van der Waals surface area contributed by atoms with Crippen molar-refractivity contribution in [1.82, 2.24) is 10.6 Å². The fraction of sp³-hybridized carbons (Fsp3) is 1.00. The summed E-state index contributed by atoms with van der Waals surface area (Å²) in [4.78, 5) is 0. The van der Waals surface area contributed by atoms with Crippen LogP contribution in [0.2, 0.25) is 0 Å². The highest BCUT2D eigenvalue weighted by Gasteiger charge is 2.33. The summed E-state index contributed by atoms with van der Waals surface area (Å²) in [5.74, 6) is 0. The SMILES string of the molecule is CC1(CNCC2(C)CCCN2)CCC1. The molecule has 0 amide bonds. The average Bonchev–Trinajstić information content (AvgIpc) is 2.50. The van der Waals surface area contributed by atoms with E-state index in [2.05, 4.69) is 24.5 Å². The Morgan fingerprint density at radius 2 is 1.86 bits per heavy atom. The molecule has 0 bridgehead atoms. The topological polar surface area (TPSA) is 24.1 Å². The zero-order valence-electron chi connectivity index (χ0n) is 9.66. The van der Waals surface area contributed by atoms with Crippen molar-refractivity contribution in [3.8, 4) is 0 Å². The van der Waals surface area contributed by atoms with E-state index in [1.807, 2.05) is 0 Å². The highest BCUT2D eigenvalue weighted by molar-refractivity contribution is 4.92. The van der Waals surface area contributed by atoms with Crippen LogP contribution in [-0.2, 0) is 0 Å². The molecule has 1 unspecified atom stereocenters. The molecule has 1 saturated heterocycles. The Morgan fingerprint density at radius 3 is 2.36 bits per heavy atom. The lowest BCUT2D eigenvalue weighted by Gasteiger charge is -2.39. The third-order valence-corrected chi connectivity index (χ3v) is 4.08. The summed E-state index contributed by atoms with van der Waals surface area (Å²) in [6, 6.07) is 0. The first-order valence-corrected chi connectivity index (χ1v) is 6.08. The largest absolute Gasteiger partial charge is 0.314 e. The molecule has 2 N–H and O–H groups in total. The van der Waals surface area contributed by atoms with E-state index < -0.39 is 0 Å². The smallest absolute Gasteiger partial charge is 0.0278 e. The van der Waals surface area contributed by atoms with Crippen molar-refractivity contribution in [2.45, 2.75) is 51.5 Å². The molecule has 1 saturated carbocycles. The van der Waals surface area contributed by atoms with Crippen molar-refractivity contribution in [2.75, 3.05) is 19.6 Å². The van der Waals surface area contributed by atoms with Gasteiger partial charge in [0, 0.05) is 18.6 Å². The number of rotatable bonds is 4. The second-order valence-corrected chi connectivity index (χ2v) is 5.86. The number of hydrogen-bond acceptors (Lipinski definition) is 2. The van der Waals surface area contributed by atoms with Gasteiger partial charge in [0.1, 0.15) is 0 Å². The van der Waals surface area contributed by atoms with E-state index in [4.69, 9.17) is 0 Å². The predicted molar refractivity (Wildman–Crippen MR) is 60.5 cm³/mol. The van der Waals surface area contributed by atoms with Gasteiger partial charge in [-0.15, -0.1) is 0 Å². The van der Waals surface area contributed by atoms with Gasteiger partial charge in [0.15, 0.2) is 0 Å². The standard InChI is InChI=1S/C12H24N2/c1-11(5-3-6-11)9-13-10-12(2)7-4-8-14-12/h13-14H,3-10H2,1-2H3. The van der Waals surface area contributed by atoms with Crippen LogP contribution in [0.4, 0.5) is 0 Å². The Labute approximate surface area is 87.8 Å². The highest BCUT2D eigenvalue weighted by Crippen LogP contribution is 2.39. The van der Waals surface area contributed by atoms with Gasteiger partial charge in [0.2, 0.25) is 0 Å². The number of nitrogens with one attached hydrogen (secondary N) is 2. The molecule has 1 heterocycles. The maximum absolute atomic E-state index is 3.65. The molecule has 2 fully saturated rings. The summed E-state index contributed by atoms with van der Waals surface area (Å²) < 4.78 is 0. The Balaban J connectivity index is 1.67. The van der Waals surface area contributed by atoms with E-state index in [1.165, 1.54) is 45.2 Å². The van der Waals surface area contributed by atoms with Gasteiger partial charge in [-0.25, -0.2) is 0 Å². The first kappa shape index (κ1) is 10.4. The molecule has 1 aliphatic carbocycles. The van der Waals surface area contributed by atoms with E-state index in [1.54, 1.807) is 0 Å². The second-order valence-electron chi connectivity index (χ2n) is 5.86. The zero-order chi connectivity index (χ0) is 10.1. The van der Waals surface area contributed by atoms with Crippen molar-refractivity contribution in [3.63, 3.8) is 0 Å². The normalized spacial score (nSPS) is 35.6. The van der Waals surface area contributed by atoms with E-state index in [9.17, 15) is 0 Å². The van der Waals surface area contributed by atoms with Crippen LogP contribution in [0.25, 0.3) is 0 Å². The molecule has 0 aromatic carbocycles. The molecule has 2 aliphatic rings. The van der Waals surface area contributed by atoms with Crippen LogP contribution in [-0.4, -0.2) is 25.2 Å². The Bertz CT molecular complexity index is 190. The summed E-state index contributed by atoms with van der Waals surface area (Å²) in [5, 5.41) is 7.24. The summed E-state index contributed by atoms with van der Waals surface area (Å²) in [6.07, 6.45) is 6.95. The van der Waals surface area contributed by atoms with Gasteiger partial charge in [-0.2, -0.15) is 0 Å². The van der Waals surface area contributed by atoms with Crippen LogP contribution in [0.15, 0.2) is 0 Å². The maximum atomic E-state index is 3.65. The molecule has 0 spiro atoms. The zero-order valence-corrected chi connectivity index (χ0v) is 9.66. The van der Waals surface area contributed by atoms with Gasteiger partial charge in [-0.1, -0.05) is 13.3 Å². The Morgan fingerprint density at radius 1 is 1.07 bits per heavy atom. The number of hydrogen-bond donors (Lipinski definition) is 2. The summed E-state index contributed by atoms with van der Waals surface area (Å²) >= 11 is 0. The van der Waals surface area contributed by atoms with Crippen LogP contribution in [0.3, 0.4) is 0 Å². The Hall–Kier alpha value is -0.0800. The Kier molecular flexibility index (Phi) is 2.85. The lowest BCUT2D eigenvalue weighted by atomic mass is 9.70. The van der Waals surface area contributed by atoms with Crippen LogP contribution in [0.1, 0.15) is 46.0 Å². The van der Waals surface area contributed by atoms with E-state index in [0.717, 1.165) is 6.54 Å². The lowest BCUT2D eigenvalue weighted by Crippen LogP contribution is -2.48. The van der Waals surface area contributed by atoms with Gasteiger partial charge >= 0.3 is 0 Å². The van der Waals surface area contributed by atoms with Crippen molar-refractivity contribution in [1.29, 1.82) is 0 Å². The van der Waals surface area contributed by atoms with Gasteiger partial charge in [0.25, 0.3) is 0 Å². The van der Waals surface area contributed by atoms with Crippen LogP contribution in [0.5, 0.6) is 0 Å². The minimum Gasteiger partial charge on any atom is -0.314 e. The minimum absolute atomic E-state index is 0.375. The van der Waals surface area contributed by atoms with Crippen molar-refractivity contribution >= 4 is 0 Å². The molecule has 2 rings (SSSR count). The first-order valence-electron chi connectivity index (χ1n) is 6.08. The molecular formula is C12H24N2.